The minimum Gasteiger partial charge on any atom is -0.368 e. The van der Waals surface area contributed by atoms with Crippen LogP contribution in [0.1, 0.15) is 58.6 Å². The van der Waals surface area contributed by atoms with Crippen LogP contribution in [-0.4, -0.2) is 56.0 Å². The first-order valence-corrected chi connectivity index (χ1v) is 10.1. The van der Waals surface area contributed by atoms with E-state index in [9.17, 15) is 9.59 Å². The van der Waals surface area contributed by atoms with Crippen molar-refractivity contribution in [2.45, 2.75) is 59.1 Å². The minimum atomic E-state index is -0.419. The third-order valence-electron chi connectivity index (χ3n) is 6.11. The van der Waals surface area contributed by atoms with Gasteiger partial charge in [-0.3, -0.25) is 14.3 Å². The Hall–Kier alpha value is -2.61. The predicted octanol–water partition coefficient (Wildman–Crippen LogP) is 1.89. The molecule has 1 amide bonds. The molecule has 8 heteroatoms. The summed E-state index contributed by atoms with van der Waals surface area (Å²) in [7, 11) is 0. The summed E-state index contributed by atoms with van der Waals surface area (Å²) in [6.45, 7) is 9.09. The van der Waals surface area contributed by atoms with E-state index < -0.39 is 5.60 Å². The number of carbonyl (C=O) groups excluding carboxylic acids is 2. The van der Waals surface area contributed by atoms with E-state index in [-0.39, 0.29) is 18.2 Å². The average Bonchev–Trinajstić information content (AvgIpc) is 2.96. The van der Waals surface area contributed by atoms with E-state index in [4.69, 9.17) is 4.74 Å². The average molecular weight is 397 g/mol. The number of rotatable bonds is 3. The number of fused-ring (bicyclic) bond motifs is 2. The van der Waals surface area contributed by atoms with Crippen LogP contribution in [-0.2, 0) is 28.1 Å². The number of ether oxygens (including phenoxy) is 1. The second-order valence-electron chi connectivity index (χ2n) is 8.02. The first-order valence-electron chi connectivity index (χ1n) is 10.1. The monoisotopic (exact) mass is 397 g/mol. The fourth-order valence-electron chi connectivity index (χ4n) is 4.58. The second-order valence-corrected chi connectivity index (χ2v) is 8.02. The number of nitrogens with zero attached hydrogens (tertiary/aromatic N) is 5. The SMILES string of the molecule is CC(=O)c1c(C)nn(CC(=O)N2CCC3(CC2)OCCc2cnc(C)nc23)c1C. The Morgan fingerprint density at radius 2 is 1.93 bits per heavy atom. The van der Waals surface area contributed by atoms with Crippen molar-refractivity contribution < 1.29 is 14.3 Å². The van der Waals surface area contributed by atoms with Gasteiger partial charge in [0.15, 0.2) is 5.78 Å². The van der Waals surface area contributed by atoms with Gasteiger partial charge in [0, 0.05) is 25.0 Å². The zero-order chi connectivity index (χ0) is 20.8. The number of hydrogen-bond acceptors (Lipinski definition) is 6. The fraction of sp³-hybridized carbons (Fsp3) is 0.571. The summed E-state index contributed by atoms with van der Waals surface area (Å²) in [5, 5.41) is 4.40. The van der Waals surface area contributed by atoms with Crippen LogP contribution >= 0.6 is 0 Å². The smallest absolute Gasteiger partial charge is 0.244 e. The lowest BCUT2D eigenvalue weighted by Gasteiger charge is -2.44. The van der Waals surface area contributed by atoms with Crippen molar-refractivity contribution in [2.24, 2.45) is 0 Å². The van der Waals surface area contributed by atoms with Crippen molar-refractivity contribution >= 4 is 11.7 Å². The molecule has 0 N–H and O–H groups in total. The molecule has 2 aromatic rings. The lowest BCUT2D eigenvalue weighted by molar-refractivity contribution is -0.142. The number of piperidine rings is 1. The van der Waals surface area contributed by atoms with Gasteiger partial charge in [0.25, 0.3) is 0 Å². The van der Waals surface area contributed by atoms with Crippen molar-refractivity contribution in [3.8, 4) is 0 Å². The summed E-state index contributed by atoms with van der Waals surface area (Å²) in [6.07, 6.45) is 4.18. The molecule has 0 saturated carbocycles. The summed E-state index contributed by atoms with van der Waals surface area (Å²) in [5.74, 6) is 0.734. The summed E-state index contributed by atoms with van der Waals surface area (Å²) in [6, 6.07) is 0. The Bertz CT molecular complexity index is 973. The molecule has 1 saturated heterocycles. The van der Waals surface area contributed by atoms with Crippen LogP contribution < -0.4 is 0 Å². The van der Waals surface area contributed by atoms with E-state index in [1.807, 2.05) is 24.9 Å². The largest absolute Gasteiger partial charge is 0.368 e. The Balaban J connectivity index is 1.47. The molecule has 0 aliphatic carbocycles. The molecule has 2 aliphatic heterocycles. The van der Waals surface area contributed by atoms with E-state index in [1.54, 1.807) is 11.6 Å². The number of amides is 1. The molecule has 0 radical (unpaired) electrons. The van der Waals surface area contributed by atoms with Gasteiger partial charge in [0.1, 0.15) is 18.0 Å². The molecule has 0 bridgehead atoms. The maximum absolute atomic E-state index is 12.9. The molecule has 0 aromatic carbocycles. The molecule has 154 valence electrons. The first-order chi connectivity index (χ1) is 13.8. The molecule has 2 aromatic heterocycles. The molecule has 8 nitrogen and oxygen atoms in total. The maximum atomic E-state index is 12.9. The molecule has 4 heterocycles. The van der Waals surface area contributed by atoms with Gasteiger partial charge in [-0.05, 0) is 52.5 Å². The normalized spacial score (nSPS) is 18.0. The van der Waals surface area contributed by atoms with E-state index in [2.05, 4.69) is 15.1 Å². The molecule has 1 fully saturated rings. The highest BCUT2D eigenvalue weighted by molar-refractivity contribution is 5.96. The highest BCUT2D eigenvalue weighted by atomic mass is 16.5. The van der Waals surface area contributed by atoms with Gasteiger partial charge < -0.3 is 9.64 Å². The minimum absolute atomic E-state index is 0.00968. The summed E-state index contributed by atoms with van der Waals surface area (Å²) in [5.41, 5.74) is 3.75. The van der Waals surface area contributed by atoms with E-state index in [0.29, 0.717) is 31.0 Å². The number of aromatic nitrogens is 4. The molecular formula is C21H27N5O3. The molecule has 0 atom stereocenters. The van der Waals surface area contributed by atoms with Gasteiger partial charge >= 0.3 is 0 Å². The number of Topliss-reactive ketones (excluding diaryl/α,β-unsaturated/α-hetero) is 1. The Morgan fingerprint density at radius 3 is 2.59 bits per heavy atom. The van der Waals surface area contributed by atoms with Gasteiger partial charge in [-0.15, -0.1) is 0 Å². The van der Waals surface area contributed by atoms with Gasteiger partial charge in [-0.25, -0.2) is 9.97 Å². The Labute approximate surface area is 170 Å². The van der Waals surface area contributed by atoms with Gasteiger partial charge in [-0.1, -0.05) is 0 Å². The number of hydrogen-bond donors (Lipinski definition) is 0. The lowest BCUT2D eigenvalue weighted by Crippen LogP contribution is -2.49. The van der Waals surface area contributed by atoms with Crippen LogP contribution in [0.15, 0.2) is 6.20 Å². The van der Waals surface area contributed by atoms with Crippen molar-refractivity contribution in [1.29, 1.82) is 0 Å². The lowest BCUT2D eigenvalue weighted by atomic mass is 9.83. The van der Waals surface area contributed by atoms with E-state index in [0.717, 1.165) is 42.0 Å². The highest BCUT2D eigenvalue weighted by Gasteiger charge is 2.43. The molecule has 1 spiro atoms. The molecule has 29 heavy (non-hydrogen) atoms. The van der Waals surface area contributed by atoms with Gasteiger partial charge in [-0.2, -0.15) is 5.10 Å². The van der Waals surface area contributed by atoms with Gasteiger partial charge in [0.2, 0.25) is 5.91 Å². The third kappa shape index (κ3) is 3.46. The van der Waals surface area contributed by atoms with Crippen LogP contribution in [0.25, 0.3) is 0 Å². The fourth-order valence-corrected chi connectivity index (χ4v) is 4.58. The summed E-state index contributed by atoms with van der Waals surface area (Å²) in [4.78, 5) is 35.6. The summed E-state index contributed by atoms with van der Waals surface area (Å²) < 4.78 is 7.86. The molecule has 0 unspecified atom stereocenters. The third-order valence-corrected chi connectivity index (χ3v) is 6.11. The topological polar surface area (TPSA) is 90.2 Å². The maximum Gasteiger partial charge on any atom is 0.244 e. The van der Waals surface area contributed by atoms with Gasteiger partial charge in [0.05, 0.1) is 23.6 Å². The standard InChI is InChI=1S/C21H27N5O3/c1-13-19(15(3)27)14(2)26(24-13)12-18(28)25-8-6-21(7-9-25)20-17(5-10-29-21)11-22-16(4)23-20/h11H,5-10,12H2,1-4H3. The quantitative estimate of drug-likeness (QED) is 0.735. The number of likely N-dealkylation sites (tertiary alicyclic amines) is 1. The van der Waals surface area contributed by atoms with Crippen LogP contribution in [0.4, 0.5) is 0 Å². The predicted molar refractivity (Wildman–Crippen MR) is 106 cm³/mol. The zero-order valence-electron chi connectivity index (χ0n) is 17.5. The van der Waals surface area contributed by atoms with Crippen molar-refractivity contribution in [2.75, 3.05) is 19.7 Å². The number of carbonyl (C=O) groups is 2. The molecule has 4 rings (SSSR count). The van der Waals surface area contributed by atoms with Crippen molar-refractivity contribution in [1.82, 2.24) is 24.6 Å². The number of aryl methyl sites for hydroxylation is 2. The van der Waals surface area contributed by atoms with Crippen molar-refractivity contribution in [3.63, 3.8) is 0 Å². The Kier molecular flexibility index (Phi) is 4.98. The molecular weight excluding hydrogens is 370 g/mol. The Morgan fingerprint density at radius 1 is 1.21 bits per heavy atom. The van der Waals surface area contributed by atoms with Crippen LogP contribution in [0.3, 0.4) is 0 Å². The second kappa shape index (κ2) is 7.33. The summed E-state index contributed by atoms with van der Waals surface area (Å²) >= 11 is 0. The highest BCUT2D eigenvalue weighted by Crippen LogP contribution is 2.40. The van der Waals surface area contributed by atoms with E-state index >= 15 is 0 Å². The molecule has 2 aliphatic rings. The van der Waals surface area contributed by atoms with Crippen LogP contribution in [0.5, 0.6) is 0 Å². The van der Waals surface area contributed by atoms with Crippen LogP contribution in [0, 0.1) is 20.8 Å². The van der Waals surface area contributed by atoms with E-state index in [1.165, 1.54) is 6.92 Å². The van der Waals surface area contributed by atoms with Crippen molar-refractivity contribution in [3.05, 3.63) is 40.2 Å². The zero-order valence-corrected chi connectivity index (χ0v) is 17.5. The van der Waals surface area contributed by atoms with Crippen LogP contribution in [0.2, 0.25) is 0 Å². The first kappa shape index (κ1) is 19.7. The number of ketones is 1.